The maximum atomic E-state index is 6.41. The summed E-state index contributed by atoms with van der Waals surface area (Å²) in [6.45, 7) is 2.18. The molecule has 0 aromatic heterocycles. The molecule has 0 atom stereocenters. The molecule has 0 spiro atoms. The van der Waals surface area contributed by atoms with Crippen molar-refractivity contribution in [2.75, 3.05) is 0 Å². The zero-order chi connectivity index (χ0) is 18.9. The first-order chi connectivity index (χ1) is 13.8. The van der Waals surface area contributed by atoms with Gasteiger partial charge in [0.1, 0.15) is 11.5 Å². The number of fused-ring (bicyclic) bond motifs is 2. The van der Waals surface area contributed by atoms with Crippen molar-refractivity contribution in [2.24, 2.45) is 0 Å². The van der Waals surface area contributed by atoms with Gasteiger partial charge in [0.15, 0.2) is 0 Å². The zero-order valence-electron chi connectivity index (χ0n) is 16.0. The Bertz CT molecular complexity index is 1140. The Hall–Kier alpha value is -3.32. The van der Waals surface area contributed by atoms with E-state index in [9.17, 15) is 0 Å². The van der Waals surface area contributed by atoms with Crippen LogP contribution in [0.25, 0.3) is 22.3 Å². The van der Waals surface area contributed by atoms with E-state index in [4.69, 9.17) is 4.74 Å². The Balaban J connectivity index is 1.67. The molecule has 1 nitrogen and oxygen atoms in total. The lowest BCUT2D eigenvalue weighted by molar-refractivity contribution is 0.455. The largest absolute Gasteiger partial charge is 0.456 e. The van der Waals surface area contributed by atoms with Crippen LogP contribution in [0.3, 0.4) is 0 Å². The molecule has 0 saturated carbocycles. The third kappa shape index (κ3) is 2.80. The third-order valence-corrected chi connectivity index (χ3v) is 5.57. The Morgan fingerprint density at radius 2 is 1.39 bits per heavy atom. The molecule has 1 heterocycles. The highest BCUT2D eigenvalue weighted by Crippen LogP contribution is 2.44. The van der Waals surface area contributed by atoms with Gasteiger partial charge in [0.25, 0.3) is 0 Å². The maximum absolute atomic E-state index is 6.41. The molecule has 0 aliphatic carbocycles. The van der Waals surface area contributed by atoms with E-state index in [1.165, 1.54) is 38.9 Å². The molecule has 0 radical (unpaired) electrons. The smallest absolute Gasteiger partial charge is 0.134 e. The standard InChI is InChI=1S/C27H22O/c1-2-19-12-8-13-21-18-25-24(16-9-17-26(25)28-27(19)21)23-15-7-6-14-22(23)20-10-4-3-5-11-20/h3-17H,2,18H2,1H3. The normalized spacial score (nSPS) is 12.0. The van der Waals surface area contributed by atoms with E-state index in [2.05, 4.69) is 97.9 Å². The van der Waals surface area contributed by atoms with Gasteiger partial charge in [-0.1, -0.05) is 91.9 Å². The fourth-order valence-electron chi connectivity index (χ4n) is 4.17. The fraction of sp³-hybridized carbons (Fsp3) is 0.111. The summed E-state index contributed by atoms with van der Waals surface area (Å²) in [4.78, 5) is 0. The minimum atomic E-state index is 0.901. The number of benzene rings is 4. The van der Waals surface area contributed by atoms with Crippen molar-refractivity contribution in [3.8, 4) is 33.8 Å². The Morgan fingerprint density at radius 3 is 2.21 bits per heavy atom. The Kier molecular flexibility index (Phi) is 4.21. The lowest BCUT2D eigenvalue weighted by Gasteiger charge is -2.25. The van der Waals surface area contributed by atoms with E-state index in [1.807, 2.05) is 0 Å². The van der Waals surface area contributed by atoms with E-state index >= 15 is 0 Å². The molecule has 1 heteroatoms. The van der Waals surface area contributed by atoms with Crippen LogP contribution in [-0.2, 0) is 12.8 Å². The summed E-state index contributed by atoms with van der Waals surface area (Å²) in [6.07, 6.45) is 1.88. The lowest BCUT2D eigenvalue weighted by Crippen LogP contribution is -2.07. The number of hydrogen-bond acceptors (Lipinski definition) is 1. The average Bonchev–Trinajstić information content (AvgIpc) is 2.77. The third-order valence-electron chi connectivity index (χ3n) is 5.57. The maximum Gasteiger partial charge on any atom is 0.134 e. The number of hydrogen-bond donors (Lipinski definition) is 0. The molecule has 4 aromatic rings. The topological polar surface area (TPSA) is 9.23 Å². The van der Waals surface area contributed by atoms with Crippen LogP contribution in [-0.4, -0.2) is 0 Å². The molecular weight excluding hydrogens is 340 g/mol. The number of rotatable bonds is 3. The van der Waals surface area contributed by atoms with Crippen molar-refractivity contribution in [3.05, 3.63) is 108 Å². The SMILES string of the molecule is CCc1cccc2c1Oc1cccc(-c3ccccc3-c3ccccc3)c1C2. The van der Waals surface area contributed by atoms with E-state index < -0.39 is 0 Å². The number of ether oxygens (including phenoxy) is 1. The van der Waals surface area contributed by atoms with Crippen molar-refractivity contribution < 1.29 is 4.74 Å². The molecule has 1 aliphatic rings. The second-order valence-corrected chi connectivity index (χ2v) is 7.23. The first-order valence-electron chi connectivity index (χ1n) is 9.90. The first-order valence-corrected chi connectivity index (χ1v) is 9.90. The predicted octanol–water partition coefficient (Wildman–Crippen LogP) is 7.28. The zero-order valence-corrected chi connectivity index (χ0v) is 16.0. The van der Waals surface area contributed by atoms with Gasteiger partial charge < -0.3 is 4.74 Å². The van der Waals surface area contributed by atoms with Gasteiger partial charge in [-0.15, -0.1) is 0 Å². The summed E-state index contributed by atoms with van der Waals surface area (Å²) in [5.41, 5.74) is 8.82. The molecule has 0 amide bonds. The van der Waals surface area contributed by atoms with Crippen molar-refractivity contribution in [3.63, 3.8) is 0 Å². The fourth-order valence-corrected chi connectivity index (χ4v) is 4.17. The van der Waals surface area contributed by atoms with Crippen LogP contribution in [0.4, 0.5) is 0 Å². The van der Waals surface area contributed by atoms with Gasteiger partial charge in [0, 0.05) is 12.0 Å². The Labute approximate surface area is 166 Å². The molecule has 5 rings (SSSR count). The number of para-hydroxylation sites is 1. The molecule has 0 unspecified atom stereocenters. The summed E-state index contributed by atoms with van der Waals surface area (Å²) in [5, 5.41) is 0. The highest BCUT2D eigenvalue weighted by molar-refractivity contribution is 5.86. The van der Waals surface area contributed by atoms with E-state index in [-0.39, 0.29) is 0 Å². The second kappa shape index (κ2) is 7.01. The Morgan fingerprint density at radius 1 is 0.679 bits per heavy atom. The van der Waals surface area contributed by atoms with E-state index in [0.717, 1.165) is 24.3 Å². The summed E-state index contributed by atoms with van der Waals surface area (Å²) in [7, 11) is 0. The van der Waals surface area contributed by atoms with Gasteiger partial charge in [0.2, 0.25) is 0 Å². The monoisotopic (exact) mass is 362 g/mol. The van der Waals surface area contributed by atoms with Crippen LogP contribution in [0.1, 0.15) is 23.6 Å². The van der Waals surface area contributed by atoms with Crippen LogP contribution in [0.15, 0.2) is 91.0 Å². The van der Waals surface area contributed by atoms with Crippen LogP contribution in [0, 0.1) is 0 Å². The van der Waals surface area contributed by atoms with E-state index in [1.54, 1.807) is 0 Å². The van der Waals surface area contributed by atoms with Gasteiger partial charge in [-0.05, 0) is 45.9 Å². The number of aryl methyl sites for hydroxylation is 1. The highest BCUT2D eigenvalue weighted by Gasteiger charge is 2.22. The van der Waals surface area contributed by atoms with Crippen LogP contribution < -0.4 is 4.74 Å². The van der Waals surface area contributed by atoms with Crippen LogP contribution in [0.2, 0.25) is 0 Å². The van der Waals surface area contributed by atoms with E-state index in [0.29, 0.717) is 0 Å². The summed E-state index contributed by atoms with van der Waals surface area (Å²) >= 11 is 0. The summed E-state index contributed by atoms with van der Waals surface area (Å²) in [5.74, 6) is 2.03. The molecule has 0 bridgehead atoms. The minimum absolute atomic E-state index is 0.901. The summed E-state index contributed by atoms with van der Waals surface area (Å²) in [6, 6.07) is 32.2. The molecule has 4 aromatic carbocycles. The summed E-state index contributed by atoms with van der Waals surface area (Å²) < 4.78 is 6.41. The average molecular weight is 362 g/mol. The highest BCUT2D eigenvalue weighted by atomic mass is 16.5. The molecule has 0 fully saturated rings. The van der Waals surface area contributed by atoms with Gasteiger partial charge in [-0.2, -0.15) is 0 Å². The minimum Gasteiger partial charge on any atom is -0.456 e. The van der Waals surface area contributed by atoms with Gasteiger partial charge in [-0.3, -0.25) is 0 Å². The second-order valence-electron chi connectivity index (χ2n) is 7.23. The van der Waals surface area contributed by atoms with Crippen molar-refractivity contribution >= 4 is 0 Å². The van der Waals surface area contributed by atoms with Crippen LogP contribution >= 0.6 is 0 Å². The molecule has 136 valence electrons. The quantitative estimate of drug-likeness (QED) is 0.328. The molecule has 0 N–H and O–H groups in total. The van der Waals surface area contributed by atoms with Gasteiger partial charge >= 0.3 is 0 Å². The van der Waals surface area contributed by atoms with Crippen molar-refractivity contribution in [2.45, 2.75) is 19.8 Å². The predicted molar refractivity (Wildman–Crippen MR) is 116 cm³/mol. The molecular formula is C27H22O. The first kappa shape index (κ1) is 16.8. The molecule has 1 aliphatic heterocycles. The lowest BCUT2D eigenvalue weighted by atomic mass is 9.87. The van der Waals surface area contributed by atoms with Gasteiger partial charge in [0.05, 0.1) is 0 Å². The van der Waals surface area contributed by atoms with Gasteiger partial charge in [-0.25, -0.2) is 0 Å². The van der Waals surface area contributed by atoms with Crippen LogP contribution in [0.5, 0.6) is 11.5 Å². The molecule has 28 heavy (non-hydrogen) atoms. The van der Waals surface area contributed by atoms with Crippen molar-refractivity contribution in [1.82, 2.24) is 0 Å². The van der Waals surface area contributed by atoms with Crippen molar-refractivity contribution in [1.29, 1.82) is 0 Å². The molecule has 0 saturated heterocycles.